The summed E-state index contributed by atoms with van der Waals surface area (Å²) in [6.07, 6.45) is 4.72. The quantitative estimate of drug-likeness (QED) is 0.291. The maximum atomic E-state index is 12.5. The second kappa shape index (κ2) is 13.7. The molecule has 1 aromatic carbocycles. The Morgan fingerprint density at radius 3 is 2.44 bits per heavy atom. The predicted octanol–water partition coefficient (Wildman–Crippen LogP) is 1.55. The Bertz CT molecular complexity index is 858. The number of carbonyl (C=O) groups excluding carboxylic acids is 1. The van der Waals surface area contributed by atoms with Gasteiger partial charge in [0, 0.05) is 65.1 Å². The monoisotopic (exact) mass is 553 g/mol. The van der Waals surface area contributed by atoms with Crippen LogP contribution in [0.25, 0.3) is 0 Å². The van der Waals surface area contributed by atoms with Crippen LogP contribution in [0.1, 0.15) is 12.0 Å². The maximum Gasteiger partial charge on any atom is 0.225 e. The van der Waals surface area contributed by atoms with Gasteiger partial charge in [-0.05, 0) is 24.1 Å². The Hall–Kier alpha value is -2.63. The molecule has 0 unspecified atom stereocenters. The van der Waals surface area contributed by atoms with Crippen LogP contribution in [0.4, 0.5) is 5.95 Å². The van der Waals surface area contributed by atoms with Crippen molar-refractivity contribution in [2.45, 2.75) is 12.8 Å². The van der Waals surface area contributed by atoms with Crippen LogP contribution >= 0.6 is 24.0 Å². The molecule has 9 nitrogen and oxygen atoms in total. The van der Waals surface area contributed by atoms with Crippen molar-refractivity contribution in [3.05, 3.63) is 48.3 Å². The zero-order chi connectivity index (χ0) is 21.9. The van der Waals surface area contributed by atoms with Gasteiger partial charge in [0.1, 0.15) is 5.75 Å². The summed E-state index contributed by atoms with van der Waals surface area (Å²) in [6, 6.07) is 9.78. The van der Waals surface area contributed by atoms with Gasteiger partial charge >= 0.3 is 0 Å². The highest BCUT2D eigenvalue weighted by molar-refractivity contribution is 14.0. The summed E-state index contributed by atoms with van der Waals surface area (Å²) >= 11 is 0. The van der Waals surface area contributed by atoms with E-state index in [0.717, 1.165) is 43.3 Å². The molecule has 2 heterocycles. The SMILES string of the molecule is CN=C(NCCC(=O)N1CCN(c2ncccn2)CC1)NCCc1ccccc1OC.I. The number of aliphatic imine (C=N–C) groups is 1. The Balaban J connectivity index is 0.00000363. The Kier molecular flexibility index (Phi) is 11.0. The average molecular weight is 553 g/mol. The highest BCUT2D eigenvalue weighted by Gasteiger charge is 2.22. The minimum Gasteiger partial charge on any atom is -0.496 e. The van der Waals surface area contributed by atoms with Crippen molar-refractivity contribution >= 4 is 41.8 Å². The highest BCUT2D eigenvalue weighted by atomic mass is 127. The van der Waals surface area contributed by atoms with Crippen molar-refractivity contribution in [2.75, 3.05) is 58.3 Å². The van der Waals surface area contributed by atoms with Crippen LogP contribution in [0.2, 0.25) is 0 Å². The van der Waals surface area contributed by atoms with Crippen molar-refractivity contribution in [3.63, 3.8) is 0 Å². The summed E-state index contributed by atoms with van der Waals surface area (Å²) in [5.41, 5.74) is 1.14. The smallest absolute Gasteiger partial charge is 0.225 e. The van der Waals surface area contributed by atoms with E-state index >= 15 is 0 Å². The second-order valence-corrected chi connectivity index (χ2v) is 7.15. The molecule has 1 aliphatic rings. The highest BCUT2D eigenvalue weighted by Crippen LogP contribution is 2.17. The molecule has 1 fully saturated rings. The summed E-state index contributed by atoms with van der Waals surface area (Å²) in [6.45, 7) is 4.11. The van der Waals surface area contributed by atoms with Gasteiger partial charge < -0.3 is 25.2 Å². The van der Waals surface area contributed by atoms with Gasteiger partial charge in [-0.25, -0.2) is 9.97 Å². The number of guanidine groups is 1. The number of methoxy groups -OCH3 is 1. The number of piperazine rings is 1. The first-order chi connectivity index (χ1) is 15.2. The van der Waals surface area contributed by atoms with Crippen molar-refractivity contribution in [2.24, 2.45) is 4.99 Å². The van der Waals surface area contributed by atoms with E-state index in [9.17, 15) is 4.79 Å². The van der Waals surface area contributed by atoms with Crippen LogP contribution in [-0.4, -0.2) is 80.2 Å². The number of ether oxygens (including phenoxy) is 1. The lowest BCUT2D eigenvalue weighted by molar-refractivity contribution is -0.131. The molecule has 2 aromatic rings. The van der Waals surface area contributed by atoms with Gasteiger partial charge in [0.2, 0.25) is 11.9 Å². The van der Waals surface area contributed by atoms with Crippen molar-refractivity contribution in [1.29, 1.82) is 0 Å². The normalized spacial score (nSPS) is 13.9. The molecule has 10 heteroatoms. The van der Waals surface area contributed by atoms with Crippen molar-refractivity contribution in [3.8, 4) is 5.75 Å². The molecule has 0 aliphatic carbocycles. The van der Waals surface area contributed by atoms with E-state index < -0.39 is 0 Å². The van der Waals surface area contributed by atoms with Gasteiger partial charge in [-0.3, -0.25) is 9.79 Å². The molecule has 0 radical (unpaired) electrons. The molecule has 0 bridgehead atoms. The molecule has 1 aliphatic heterocycles. The van der Waals surface area contributed by atoms with Crippen LogP contribution in [0.3, 0.4) is 0 Å². The van der Waals surface area contributed by atoms with E-state index in [1.807, 2.05) is 23.1 Å². The summed E-state index contributed by atoms with van der Waals surface area (Å²) in [5, 5.41) is 6.50. The minimum absolute atomic E-state index is 0. The zero-order valence-corrected chi connectivity index (χ0v) is 21.0. The largest absolute Gasteiger partial charge is 0.496 e. The van der Waals surface area contributed by atoms with Gasteiger partial charge in [-0.15, -0.1) is 24.0 Å². The molecule has 3 rings (SSSR count). The fraction of sp³-hybridized carbons (Fsp3) is 0.455. The number of hydrogen-bond acceptors (Lipinski definition) is 6. The minimum atomic E-state index is 0. The molecule has 0 saturated carbocycles. The second-order valence-electron chi connectivity index (χ2n) is 7.15. The summed E-state index contributed by atoms with van der Waals surface area (Å²) < 4.78 is 5.38. The van der Waals surface area contributed by atoms with E-state index in [-0.39, 0.29) is 29.9 Å². The average Bonchev–Trinajstić information content (AvgIpc) is 2.84. The molecule has 1 amide bonds. The Morgan fingerprint density at radius 2 is 1.75 bits per heavy atom. The molecular formula is C22H32IN7O2. The van der Waals surface area contributed by atoms with Gasteiger partial charge in [0.15, 0.2) is 5.96 Å². The number of aromatic nitrogens is 2. The molecule has 0 atom stereocenters. The van der Waals surface area contributed by atoms with Gasteiger partial charge in [0.25, 0.3) is 0 Å². The van der Waals surface area contributed by atoms with E-state index in [1.54, 1.807) is 32.6 Å². The predicted molar refractivity (Wildman–Crippen MR) is 137 cm³/mol. The molecule has 0 spiro atoms. The molecular weight excluding hydrogens is 521 g/mol. The summed E-state index contributed by atoms with van der Waals surface area (Å²) in [7, 11) is 3.41. The number of nitrogens with one attached hydrogen (secondary N) is 2. The van der Waals surface area contributed by atoms with Gasteiger partial charge in [-0.1, -0.05) is 18.2 Å². The van der Waals surface area contributed by atoms with Crippen LogP contribution in [0, 0.1) is 0 Å². The summed E-state index contributed by atoms with van der Waals surface area (Å²) in [4.78, 5) is 29.3. The molecule has 1 aromatic heterocycles. The standard InChI is InChI=1S/C22H31N7O2.HI/c1-23-21(24-12-8-18-6-3-4-7-19(18)31-2)25-13-9-20(30)28-14-16-29(17-15-28)22-26-10-5-11-27-22;/h3-7,10-11H,8-9,12-17H2,1-2H3,(H2,23,24,25);1H. The van der Waals surface area contributed by atoms with E-state index in [2.05, 4.69) is 36.6 Å². The Morgan fingerprint density at radius 1 is 1.06 bits per heavy atom. The van der Waals surface area contributed by atoms with E-state index in [1.165, 1.54) is 0 Å². The number of nitrogens with zero attached hydrogens (tertiary/aromatic N) is 5. The van der Waals surface area contributed by atoms with Crippen LogP contribution in [-0.2, 0) is 11.2 Å². The maximum absolute atomic E-state index is 12.5. The van der Waals surface area contributed by atoms with Crippen LogP contribution in [0.5, 0.6) is 5.75 Å². The van der Waals surface area contributed by atoms with Crippen LogP contribution in [0.15, 0.2) is 47.7 Å². The Labute approximate surface area is 206 Å². The molecule has 2 N–H and O–H groups in total. The summed E-state index contributed by atoms with van der Waals surface area (Å²) in [5.74, 6) is 2.44. The number of para-hydroxylation sites is 1. The molecule has 1 saturated heterocycles. The first kappa shape index (κ1) is 25.6. The third kappa shape index (κ3) is 7.50. The molecule has 174 valence electrons. The van der Waals surface area contributed by atoms with Crippen molar-refractivity contribution in [1.82, 2.24) is 25.5 Å². The third-order valence-electron chi connectivity index (χ3n) is 5.20. The lowest BCUT2D eigenvalue weighted by Crippen LogP contribution is -2.50. The number of halogens is 1. The number of benzene rings is 1. The number of amides is 1. The molecule has 32 heavy (non-hydrogen) atoms. The van der Waals surface area contributed by atoms with Crippen LogP contribution < -0.4 is 20.3 Å². The van der Waals surface area contributed by atoms with Gasteiger partial charge in [0.05, 0.1) is 7.11 Å². The fourth-order valence-electron chi connectivity index (χ4n) is 3.50. The van der Waals surface area contributed by atoms with E-state index in [4.69, 9.17) is 4.74 Å². The number of carbonyl (C=O) groups is 1. The number of anilines is 1. The topological polar surface area (TPSA) is 95.0 Å². The van der Waals surface area contributed by atoms with E-state index in [0.29, 0.717) is 32.0 Å². The first-order valence-corrected chi connectivity index (χ1v) is 10.6. The number of hydrogen-bond donors (Lipinski definition) is 2. The van der Waals surface area contributed by atoms with Gasteiger partial charge in [-0.2, -0.15) is 0 Å². The third-order valence-corrected chi connectivity index (χ3v) is 5.20. The number of rotatable bonds is 8. The zero-order valence-electron chi connectivity index (χ0n) is 18.7. The van der Waals surface area contributed by atoms with Crippen molar-refractivity contribution < 1.29 is 9.53 Å². The first-order valence-electron chi connectivity index (χ1n) is 10.6. The fourth-order valence-corrected chi connectivity index (χ4v) is 3.50. The lowest BCUT2D eigenvalue weighted by Gasteiger charge is -2.34. The lowest BCUT2D eigenvalue weighted by atomic mass is 10.1.